The second-order valence-corrected chi connectivity index (χ2v) is 4.91. The van der Waals surface area contributed by atoms with Gasteiger partial charge in [0.2, 0.25) is 5.91 Å². The van der Waals surface area contributed by atoms with Crippen molar-refractivity contribution in [1.29, 1.82) is 0 Å². The Morgan fingerprint density at radius 3 is 2.71 bits per heavy atom. The number of hydrogen-bond donors (Lipinski definition) is 1. The molecule has 0 aliphatic heterocycles. The van der Waals surface area contributed by atoms with Gasteiger partial charge >= 0.3 is 0 Å². The topological polar surface area (TPSA) is 69.0 Å². The molecule has 0 radical (unpaired) electrons. The van der Waals surface area contributed by atoms with E-state index >= 15 is 0 Å². The van der Waals surface area contributed by atoms with E-state index in [2.05, 4.69) is 15.4 Å². The first kappa shape index (κ1) is 15.0. The molecule has 0 fully saturated rings. The molecule has 0 aliphatic rings. The molecule has 2 rings (SSSR count). The summed E-state index contributed by atoms with van der Waals surface area (Å²) < 4.78 is 7.25. The summed E-state index contributed by atoms with van der Waals surface area (Å²) in [5.41, 5.74) is 2.19. The zero-order valence-corrected chi connectivity index (χ0v) is 12.5. The molecule has 1 amide bonds. The Hall–Kier alpha value is -2.37. The Balaban J connectivity index is 1.78. The van der Waals surface area contributed by atoms with E-state index in [1.807, 2.05) is 32.0 Å². The molecule has 1 N–H and O–H groups in total. The van der Waals surface area contributed by atoms with Crippen LogP contribution in [0, 0.1) is 13.8 Å². The minimum Gasteiger partial charge on any atom is -0.491 e. The average molecular weight is 288 g/mol. The van der Waals surface area contributed by atoms with E-state index in [-0.39, 0.29) is 11.9 Å². The first-order valence-corrected chi connectivity index (χ1v) is 6.90. The number of benzene rings is 1. The first-order chi connectivity index (χ1) is 10.1. The monoisotopic (exact) mass is 288 g/mol. The summed E-state index contributed by atoms with van der Waals surface area (Å²) >= 11 is 0. The number of nitrogens with zero attached hydrogens (tertiary/aromatic N) is 3. The maximum absolute atomic E-state index is 11.9. The summed E-state index contributed by atoms with van der Waals surface area (Å²) in [6.07, 6.45) is 2.94. The van der Waals surface area contributed by atoms with Crippen molar-refractivity contribution in [2.75, 3.05) is 13.2 Å². The number of aromatic nitrogens is 3. The van der Waals surface area contributed by atoms with Crippen LogP contribution in [-0.4, -0.2) is 33.8 Å². The minimum atomic E-state index is -0.382. The second-order valence-electron chi connectivity index (χ2n) is 4.91. The lowest BCUT2D eigenvalue weighted by Gasteiger charge is -2.14. The molecule has 1 unspecified atom stereocenters. The van der Waals surface area contributed by atoms with Crippen LogP contribution in [-0.2, 0) is 4.79 Å². The summed E-state index contributed by atoms with van der Waals surface area (Å²) in [6, 6.07) is 5.63. The molecule has 0 spiro atoms. The second kappa shape index (κ2) is 6.88. The molecule has 1 heterocycles. The molecule has 0 aliphatic carbocycles. The fraction of sp³-hybridized carbons (Fsp3) is 0.400. The molecule has 1 aromatic heterocycles. The quantitative estimate of drug-likeness (QED) is 0.821. The summed E-state index contributed by atoms with van der Waals surface area (Å²) in [4.78, 5) is 15.8. The maximum atomic E-state index is 11.9. The van der Waals surface area contributed by atoms with E-state index < -0.39 is 0 Å². The Bertz CT molecular complexity index is 575. The van der Waals surface area contributed by atoms with Crippen LogP contribution in [0.2, 0.25) is 0 Å². The lowest BCUT2D eigenvalue weighted by Crippen LogP contribution is -2.34. The van der Waals surface area contributed by atoms with Crippen molar-refractivity contribution in [3.05, 3.63) is 42.0 Å². The van der Waals surface area contributed by atoms with Gasteiger partial charge < -0.3 is 10.1 Å². The molecule has 21 heavy (non-hydrogen) atoms. The van der Waals surface area contributed by atoms with Crippen LogP contribution in [0.25, 0.3) is 0 Å². The zero-order chi connectivity index (χ0) is 15.2. The summed E-state index contributed by atoms with van der Waals surface area (Å²) in [5, 5.41) is 6.78. The number of ether oxygens (including phenoxy) is 1. The van der Waals surface area contributed by atoms with Gasteiger partial charge in [-0.25, -0.2) is 9.67 Å². The van der Waals surface area contributed by atoms with Gasteiger partial charge in [0.05, 0.1) is 6.54 Å². The van der Waals surface area contributed by atoms with E-state index in [0.29, 0.717) is 13.2 Å². The smallest absolute Gasteiger partial charge is 0.244 e. The molecular formula is C15H20N4O2. The lowest BCUT2D eigenvalue weighted by molar-refractivity contribution is -0.124. The van der Waals surface area contributed by atoms with Crippen molar-refractivity contribution in [1.82, 2.24) is 20.1 Å². The fourth-order valence-electron chi connectivity index (χ4n) is 2.04. The molecule has 0 saturated heterocycles. The van der Waals surface area contributed by atoms with Crippen molar-refractivity contribution >= 4 is 5.91 Å². The Labute approximate surface area is 124 Å². The summed E-state index contributed by atoms with van der Waals surface area (Å²) in [7, 11) is 0. The number of rotatable bonds is 6. The van der Waals surface area contributed by atoms with Crippen molar-refractivity contribution in [3.63, 3.8) is 0 Å². The average Bonchev–Trinajstić information content (AvgIpc) is 2.99. The van der Waals surface area contributed by atoms with Crippen LogP contribution in [0.5, 0.6) is 5.75 Å². The van der Waals surface area contributed by atoms with Gasteiger partial charge in [0.1, 0.15) is 31.1 Å². The van der Waals surface area contributed by atoms with Gasteiger partial charge in [-0.3, -0.25) is 4.79 Å². The number of carbonyl (C=O) groups is 1. The molecule has 6 nitrogen and oxygen atoms in total. The third kappa shape index (κ3) is 3.81. The first-order valence-electron chi connectivity index (χ1n) is 6.90. The summed E-state index contributed by atoms with van der Waals surface area (Å²) in [6.45, 7) is 6.67. The van der Waals surface area contributed by atoms with Gasteiger partial charge in [0.25, 0.3) is 0 Å². The van der Waals surface area contributed by atoms with E-state index in [0.717, 1.165) is 16.9 Å². The number of para-hydroxylation sites is 1. The molecule has 0 bridgehead atoms. The number of carbonyl (C=O) groups excluding carboxylic acids is 1. The molecule has 2 aromatic rings. The Kier molecular flexibility index (Phi) is 4.92. The number of amides is 1. The maximum Gasteiger partial charge on any atom is 0.244 e. The third-order valence-electron chi connectivity index (χ3n) is 3.27. The van der Waals surface area contributed by atoms with Crippen LogP contribution in [0.15, 0.2) is 30.9 Å². The number of nitrogens with one attached hydrogen (secondary N) is 1. The van der Waals surface area contributed by atoms with E-state index in [1.165, 1.54) is 17.3 Å². The Morgan fingerprint density at radius 1 is 1.38 bits per heavy atom. The fourth-order valence-corrected chi connectivity index (χ4v) is 2.04. The SMILES string of the molecule is Cc1cccc(C)c1OCCNC(=O)C(C)n1cncn1. The molecule has 1 aromatic carbocycles. The van der Waals surface area contributed by atoms with Gasteiger partial charge in [0, 0.05) is 0 Å². The van der Waals surface area contributed by atoms with E-state index in [4.69, 9.17) is 4.74 Å². The molecule has 1 atom stereocenters. The summed E-state index contributed by atoms with van der Waals surface area (Å²) in [5.74, 6) is 0.779. The standard InChI is InChI=1S/C15H20N4O2/c1-11-5-4-6-12(2)14(11)21-8-7-17-15(20)13(3)19-10-16-9-18-19/h4-6,9-10,13H,7-8H2,1-3H3,(H,17,20). The predicted octanol–water partition coefficient (Wildman–Crippen LogP) is 1.65. The molecule has 112 valence electrons. The van der Waals surface area contributed by atoms with Crippen LogP contribution in [0.1, 0.15) is 24.1 Å². The van der Waals surface area contributed by atoms with Crippen molar-refractivity contribution in [2.24, 2.45) is 0 Å². The van der Waals surface area contributed by atoms with Gasteiger partial charge in [-0.05, 0) is 31.9 Å². The number of hydrogen-bond acceptors (Lipinski definition) is 4. The zero-order valence-electron chi connectivity index (χ0n) is 12.5. The van der Waals surface area contributed by atoms with Crippen LogP contribution in [0.3, 0.4) is 0 Å². The lowest BCUT2D eigenvalue weighted by atomic mass is 10.1. The van der Waals surface area contributed by atoms with Gasteiger partial charge in [-0.2, -0.15) is 5.10 Å². The highest BCUT2D eigenvalue weighted by Crippen LogP contribution is 2.21. The van der Waals surface area contributed by atoms with Gasteiger partial charge in [-0.1, -0.05) is 18.2 Å². The third-order valence-corrected chi connectivity index (χ3v) is 3.27. The van der Waals surface area contributed by atoms with E-state index in [9.17, 15) is 4.79 Å². The van der Waals surface area contributed by atoms with Crippen molar-refractivity contribution in [3.8, 4) is 5.75 Å². The van der Waals surface area contributed by atoms with E-state index in [1.54, 1.807) is 6.92 Å². The van der Waals surface area contributed by atoms with Crippen LogP contribution >= 0.6 is 0 Å². The number of aryl methyl sites for hydroxylation is 2. The largest absolute Gasteiger partial charge is 0.491 e. The van der Waals surface area contributed by atoms with Crippen molar-refractivity contribution in [2.45, 2.75) is 26.8 Å². The van der Waals surface area contributed by atoms with Crippen LogP contribution < -0.4 is 10.1 Å². The molecule has 0 saturated carbocycles. The molecular weight excluding hydrogens is 268 g/mol. The predicted molar refractivity (Wildman–Crippen MR) is 79.2 cm³/mol. The van der Waals surface area contributed by atoms with Crippen LogP contribution in [0.4, 0.5) is 0 Å². The molecule has 6 heteroatoms. The minimum absolute atomic E-state index is 0.106. The highest BCUT2D eigenvalue weighted by Gasteiger charge is 2.14. The Morgan fingerprint density at radius 2 is 2.10 bits per heavy atom. The van der Waals surface area contributed by atoms with Gasteiger partial charge in [0.15, 0.2) is 0 Å². The highest BCUT2D eigenvalue weighted by atomic mass is 16.5. The highest BCUT2D eigenvalue weighted by molar-refractivity contribution is 5.79. The normalized spacial score (nSPS) is 12.0. The van der Waals surface area contributed by atoms with Gasteiger partial charge in [-0.15, -0.1) is 0 Å². The van der Waals surface area contributed by atoms with Crippen molar-refractivity contribution < 1.29 is 9.53 Å².